The Hall–Kier alpha value is -2.33. The maximum Gasteiger partial charge on any atom is 0.251 e. The number of carbonyl (C=O) groups excluding carboxylic acids is 1. The molecule has 1 aliphatic heterocycles. The van der Waals surface area contributed by atoms with Gasteiger partial charge in [-0.05, 0) is 55.8 Å². The summed E-state index contributed by atoms with van der Waals surface area (Å²) in [5.74, 6) is 0.839. The van der Waals surface area contributed by atoms with E-state index in [9.17, 15) is 4.79 Å². The number of benzene rings is 2. The van der Waals surface area contributed by atoms with E-state index >= 15 is 0 Å². The quantitative estimate of drug-likeness (QED) is 0.874. The Morgan fingerprint density at radius 2 is 1.72 bits per heavy atom. The number of carbonyl (C=O) groups is 1. The Balaban J connectivity index is 1.72. The Bertz CT molecular complexity index is 664. The minimum Gasteiger partial charge on any atom is -0.497 e. The highest BCUT2D eigenvalue weighted by molar-refractivity contribution is 5.94. The normalized spacial score (nSPS) is 16.2. The molecule has 0 radical (unpaired) electrons. The van der Waals surface area contributed by atoms with E-state index < -0.39 is 0 Å². The maximum atomic E-state index is 12.4. The number of methoxy groups -OCH3 is 1. The Kier molecular flexibility index (Phi) is 6.07. The van der Waals surface area contributed by atoms with Crippen molar-refractivity contribution >= 4 is 5.91 Å². The molecule has 1 aliphatic rings. The summed E-state index contributed by atoms with van der Waals surface area (Å²) >= 11 is 0. The Morgan fingerprint density at radius 3 is 2.36 bits per heavy atom. The number of nitrogens with zero attached hydrogens (tertiary/aromatic N) is 1. The molecule has 3 rings (SSSR count). The largest absolute Gasteiger partial charge is 0.497 e. The van der Waals surface area contributed by atoms with Gasteiger partial charge in [-0.1, -0.05) is 36.8 Å². The molecule has 1 heterocycles. The highest BCUT2D eigenvalue weighted by atomic mass is 16.5. The second kappa shape index (κ2) is 8.67. The van der Waals surface area contributed by atoms with Gasteiger partial charge in [-0.2, -0.15) is 0 Å². The second-order valence-electron chi connectivity index (χ2n) is 6.46. The van der Waals surface area contributed by atoms with Crippen molar-refractivity contribution in [1.82, 2.24) is 10.2 Å². The van der Waals surface area contributed by atoms with Crippen LogP contribution in [0.5, 0.6) is 5.75 Å². The van der Waals surface area contributed by atoms with Gasteiger partial charge in [-0.3, -0.25) is 9.69 Å². The fourth-order valence-electron chi connectivity index (χ4n) is 3.39. The molecule has 0 aliphatic carbocycles. The van der Waals surface area contributed by atoms with Crippen molar-refractivity contribution in [2.24, 2.45) is 0 Å². The van der Waals surface area contributed by atoms with Crippen LogP contribution >= 0.6 is 0 Å². The molecule has 1 N–H and O–H groups in total. The fraction of sp³-hybridized carbons (Fsp3) is 0.381. The van der Waals surface area contributed by atoms with Crippen molar-refractivity contribution in [2.75, 3.05) is 26.7 Å². The molecule has 0 saturated carbocycles. The van der Waals surface area contributed by atoms with E-state index in [1.165, 1.54) is 24.8 Å². The molecule has 0 spiro atoms. The number of piperidine rings is 1. The van der Waals surface area contributed by atoms with Gasteiger partial charge in [0.1, 0.15) is 5.75 Å². The minimum absolute atomic E-state index is 0.0175. The average Bonchev–Trinajstić information content (AvgIpc) is 2.70. The molecule has 1 fully saturated rings. The number of nitrogens with one attached hydrogen (secondary N) is 1. The lowest BCUT2D eigenvalue weighted by Gasteiger charge is -2.35. The van der Waals surface area contributed by atoms with Gasteiger partial charge >= 0.3 is 0 Å². The van der Waals surface area contributed by atoms with Gasteiger partial charge in [-0.25, -0.2) is 0 Å². The molecule has 1 saturated heterocycles. The smallest absolute Gasteiger partial charge is 0.251 e. The van der Waals surface area contributed by atoms with Crippen molar-refractivity contribution in [3.63, 3.8) is 0 Å². The summed E-state index contributed by atoms with van der Waals surface area (Å²) in [7, 11) is 1.68. The third kappa shape index (κ3) is 4.60. The van der Waals surface area contributed by atoms with Gasteiger partial charge in [-0.15, -0.1) is 0 Å². The number of amides is 1. The van der Waals surface area contributed by atoms with Crippen LogP contribution in [0.25, 0.3) is 0 Å². The van der Waals surface area contributed by atoms with Crippen LogP contribution in [0.1, 0.15) is 41.2 Å². The summed E-state index contributed by atoms with van der Waals surface area (Å²) in [6.45, 7) is 2.77. The van der Waals surface area contributed by atoms with Crippen LogP contribution in [-0.2, 0) is 0 Å². The summed E-state index contributed by atoms with van der Waals surface area (Å²) in [4.78, 5) is 14.9. The molecule has 25 heavy (non-hydrogen) atoms. The van der Waals surface area contributed by atoms with Gasteiger partial charge in [0, 0.05) is 12.1 Å². The van der Waals surface area contributed by atoms with Gasteiger partial charge in [0.25, 0.3) is 5.91 Å². The highest BCUT2D eigenvalue weighted by Gasteiger charge is 2.23. The number of rotatable bonds is 6. The molecule has 4 nitrogen and oxygen atoms in total. The van der Waals surface area contributed by atoms with Gasteiger partial charge < -0.3 is 10.1 Å². The van der Waals surface area contributed by atoms with Crippen molar-refractivity contribution in [3.8, 4) is 5.75 Å². The molecular formula is C21H26N2O2. The van der Waals surface area contributed by atoms with Crippen molar-refractivity contribution in [1.29, 1.82) is 0 Å². The average molecular weight is 338 g/mol. The van der Waals surface area contributed by atoms with Crippen molar-refractivity contribution < 1.29 is 9.53 Å². The van der Waals surface area contributed by atoms with E-state index in [0.29, 0.717) is 12.1 Å². The van der Waals surface area contributed by atoms with E-state index in [1.54, 1.807) is 7.11 Å². The lowest BCUT2D eigenvalue weighted by molar-refractivity contribution is 0.0924. The summed E-state index contributed by atoms with van der Waals surface area (Å²) < 4.78 is 5.27. The van der Waals surface area contributed by atoms with Crippen LogP contribution in [0.2, 0.25) is 0 Å². The molecule has 132 valence electrons. The number of likely N-dealkylation sites (tertiary alicyclic amines) is 1. The monoisotopic (exact) mass is 338 g/mol. The van der Waals surface area contributed by atoms with Crippen LogP contribution < -0.4 is 10.1 Å². The standard InChI is InChI=1S/C21H26N2O2/c1-25-19-12-10-17(11-13-19)20(23-14-6-3-7-15-23)16-22-21(24)18-8-4-2-5-9-18/h2,4-5,8-13,20H,3,6-7,14-16H2,1H3,(H,22,24)/t20-/m0/s1. The minimum atomic E-state index is -0.0175. The zero-order valence-corrected chi connectivity index (χ0v) is 14.8. The zero-order valence-electron chi connectivity index (χ0n) is 14.8. The van der Waals surface area contributed by atoms with E-state index in [2.05, 4.69) is 22.3 Å². The first kappa shape index (κ1) is 17.5. The van der Waals surface area contributed by atoms with Crippen molar-refractivity contribution in [3.05, 3.63) is 65.7 Å². The molecule has 2 aromatic carbocycles. The van der Waals surface area contributed by atoms with Crippen LogP contribution in [0.4, 0.5) is 0 Å². The topological polar surface area (TPSA) is 41.6 Å². The Morgan fingerprint density at radius 1 is 1.04 bits per heavy atom. The molecule has 0 unspecified atom stereocenters. The van der Waals surface area contributed by atoms with E-state index in [1.807, 2.05) is 42.5 Å². The predicted molar refractivity (Wildman–Crippen MR) is 99.9 cm³/mol. The SMILES string of the molecule is COc1ccc([C@H](CNC(=O)c2ccccc2)N2CCCCC2)cc1. The first-order chi connectivity index (χ1) is 12.3. The zero-order chi connectivity index (χ0) is 17.5. The summed E-state index contributed by atoms with van der Waals surface area (Å²) in [5.41, 5.74) is 1.92. The highest BCUT2D eigenvalue weighted by Crippen LogP contribution is 2.26. The Labute approximate surface area is 149 Å². The van der Waals surface area contributed by atoms with E-state index in [4.69, 9.17) is 4.74 Å². The molecule has 0 aromatic heterocycles. The fourth-order valence-corrected chi connectivity index (χ4v) is 3.39. The molecular weight excluding hydrogens is 312 g/mol. The lowest BCUT2D eigenvalue weighted by Crippen LogP contribution is -2.40. The molecule has 0 bridgehead atoms. The van der Waals surface area contributed by atoms with E-state index in [-0.39, 0.29) is 11.9 Å². The first-order valence-corrected chi connectivity index (χ1v) is 8.99. The predicted octanol–water partition coefficient (Wildman–Crippen LogP) is 3.65. The first-order valence-electron chi connectivity index (χ1n) is 8.99. The summed E-state index contributed by atoms with van der Waals surface area (Å²) in [5, 5.41) is 3.11. The van der Waals surface area contributed by atoms with Crippen LogP contribution in [0.15, 0.2) is 54.6 Å². The van der Waals surface area contributed by atoms with Crippen LogP contribution in [-0.4, -0.2) is 37.6 Å². The van der Waals surface area contributed by atoms with Gasteiger partial charge in [0.15, 0.2) is 0 Å². The molecule has 2 aromatic rings. The van der Waals surface area contributed by atoms with Crippen LogP contribution in [0.3, 0.4) is 0 Å². The molecule has 1 amide bonds. The summed E-state index contributed by atoms with van der Waals surface area (Å²) in [6, 6.07) is 17.8. The number of hydrogen-bond donors (Lipinski definition) is 1. The summed E-state index contributed by atoms with van der Waals surface area (Å²) in [6.07, 6.45) is 3.74. The lowest BCUT2D eigenvalue weighted by atomic mass is 10.0. The second-order valence-corrected chi connectivity index (χ2v) is 6.46. The molecule has 1 atom stereocenters. The van der Waals surface area contributed by atoms with Crippen LogP contribution in [0, 0.1) is 0 Å². The van der Waals surface area contributed by atoms with Crippen molar-refractivity contribution in [2.45, 2.75) is 25.3 Å². The van der Waals surface area contributed by atoms with Gasteiger partial charge in [0.2, 0.25) is 0 Å². The third-order valence-electron chi connectivity index (χ3n) is 4.82. The maximum absolute atomic E-state index is 12.4. The van der Waals surface area contributed by atoms with E-state index in [0.717, 1.165) is 18.8 Å². The van der Waals surface area contributed by atoms with Gasteiger partial charge in [0.05, 0.1) is 13.2 Å². The molecule has 4 heteroatoms. The third-order valence-corrected chi connectivity index (χ3v) is 4.82. The number of hydrogen-bond acceptors (Lipinski definition) is 3. The number of ether oxygens (including phenoxy) is 1.